The third-order valence-corrected chi connectivity index (χ3v) is 18.4. The molecule has 0 bridgehead atoms. The normalized spacial score (nSPS) is 21.0. The Morgan fingerprint density at radius 1 is 0.516 bits per heavy atom. The lowest BCUT2D eigenvalue weighted by molar-refractivity contribution is 0.311. The molecule has 0 spiro atoms. The van der Waals surface area contributed by atoms with E-state index in [1.54, 1.807) is 27.8 Å². The largest absolute Gasteiger partial charge is 0.311 e. The summed E-state index contributed by atoms with van der Waals surface area (Å²) in [6.45, 7) is 41.7. The van der Waals surface area contributed by atoms with Gasteiger partial charge in [-0.05, 0) is 162 Å². The summed E-state index contributed by atoms with van der Waals surface area (Å²) in [5.74, 6) is 0. The van der Waals surface area contributed by atoms with Crippen LogP contribution in [0.15, 0.2) is 72.8 Å². The molecule has 11 rings (SSSR count). The molecule has 3 aliphatic heterocycles. The molecule has 2 aliphatic carbocycles. The summed E-state index contributed by atoms with van der Waals surface area (Å²) in [6, 6.07) is 30.0. The van der Waals surface area contributed by atoms with E-state index in [1.807, 2.05) is 11.3 Å². The SMILES string of the molecule is Cc1cc2c(c3c1N1c4cc(C(C)(C)C)cc5c4B(c4ccc6c(c41)C3(C)CCC6(C)C)c1sc3ccc(C(C)(C)C)cc3c1N5c1ccc(C(C)(C)C)cc1)C(C)(C)CCC2(C)C. The second-order valence-corrected chi connectivity index (χ2v) is 27.2. The minimum Gasteiger partial charge on any atom is -0.311 e. The van der Waals surface area contributed by atoms with E-state index in [9.17, 15) is 0 Å². The Balaban J connectivity index is 1.33. The van der Waals surface area contributed by atoms with Gasteiger partial charge in [0.25, 0.3) is 6.71 Å². The summed E-state index contributed by atoms with van der Waals surface area (Å²) in [7, 11) is 0. The summed E-state index contributed by atoms with van der Waals surface area (Å²) in [5, 5.41) is 1.37. The molecule has 6 aromatic rings. The van der Waals surface area contributed by atoms with Gasteiger partial charge in [-0.2, -0.15) is 0 Å². The van der Waals surface area contributed by atoms with E-state index < -0.39 is 0 Å². The summed E-state index contributed by atoms with van der Waals surface area (Å²) < 4.78 is 2.85. The maximum Gasteiger partial charge on any atom is 0.264 e. The van der Waals surface area contributed by atoms with Crippen molar-refractivity contribution in [3.63, 3.8) is 0 Å². The van der Waals surface area contributed by atoms with Gasteiger partial charge in [0.1, 0.15) is 0 Å². The van der Waals surface area contributed by atoms with Crippen molar-refractivity contribution >= 4 is 78.0 Å². The first-order chi connectivity index (χ1) is 29.6. The number of anilines is 6. The van der Waals surface area contributed by atoms with Crippen molar-refractivity contribution in [2.75, 3.05) is 9.80 Å². The van der Waals surface area contributed by atoms with Gasteiger partial charge in [-0.25, -0.2) is 0 Å². The van der Waals surface area contributed by atoms with Gasteiger partial charge in [-0.15, -0.1) is 11.3 Å². The minimum atomic E-state index is -0.120. The Labute approximate surface area is 390 Å². The number of hydrogen-bond acceptors (Lipinski definition) is 3. The zero-order valence-corrected chi connectivity index (χ0v) is 43.0. The van der Waals surface area contributed by atoms with Crippen molar-refractivity contribution in [2.45, 2.75) is 181 Å². The first-order valence-corrected chi connectivity index (χ1v) is 25.3. The maximum atomic E-state index is 2.86. The lowest BCUT2D eigenvalue weighted by Gasteiger charge is -2.57. The molecular weight excluding hydrogens is 792 g/mol. The predicted octanol–water partition coefficient (Wildman–Crippen LogP) is 15.2. The van der Waals surface area contributed by atoms with Crippen molar-refractivity contribution in [2.24, 2.45) is 0 Å². The third kappa shape index (κ3) is 5.62. The molecule has 0 fully saturated rings. The van der Waals surface area contributed by atoms with Crippen LogP contribution in [0.4, 0.5) is 34.1 Å². The van der Waals surface area contributed by atoms with Crippen molar-refractivity contribution in [3.05, 3.63) is 123 Å². The molecule has 1 aromatic heterocycles. The lowest BCUT2D eigenvalue weighted by atomic mass is 9.35. The van der Waals surface area contributed by atoms with E-state index >= 15 is 0 Å². The Morgan fingerprint density at radius 3 is 1.73 bits per heavy atom. The van der Waals surface area contributed by atoms with Crippen LogP contribution < -0.4 is 25.5 Å². The molecule has 0 N–H and O–H groups in total. The van der Waals surface area contributed by atoms with E-state index in [-0.39, 0.29) is 44.6 Å². The number of thiophene rings is 1. The molecule has 4 heteroatoms. The predicted molar refractivity (Wildman–Crippen MR) is 281 cm³/mol. The first kappa shape index (κ1) is 42.4. The van der Waals surface area contributed by atoms with Crippen LogP contribution in [0.25, 0.3) is 10.1 Å². The molecule has 0 saturated carbocycles. The molecule has 64 heavy (non-hydrogen) atoms. The quantitative estimate of drug-likeness (QED) is 0.152. The van der Waals surface area contributed by atoms with Crippen LogP contribution in [-0.2, 0) is 37.9 Å². The van der Waals surface area contributed by atoms with Gasteiger partial charge in [0.05, 0.1) is 11.4 Å². The van der Waals surface area contributed by atoms with E-state index in [2.05, 4.69) is 200 Å². The van der Waals surface area contributed by atoms with Gasteiger partial charge in [0, 0.05) is 43.0 Å². The summed E-state index contributed by atoms with van der Waals surface area (Å²) in [6.07, 6.45) is 4.76. The highest BCUT2D eigenvalue weighted by Crippen LogP contribution is 2.65. The zero-order valence-electron chi connectivity index (χ0n) is 42.1. The Kier molecular flexibility index (Phi) is 8.46. The van der Waals surface area contributed by atoms with Crippen molar-refractivity contribution in [1.82, 2.24) is 0 Å². The van der Waals surface area contributed by atoms with Crippen molar-refractivity contribution in [1.29, 1.82) is 0 Å². The molecule has 0 radical (unpaired) electrons. The van der Waals surface area contributed by atoms with Crippen LogP contribution in [0.5, 0.6) is 0 Å². The average Bonchev–Trinajstić information content (AvgIpc) is 3.58. The fourth-order valence-corrected chi connectivity index (χ4v) is 14.3. The fraction of sp³-hybridized carbons (Fsp3) is 0.467. The van der Waals surface area contributed by atoms with Gasteiger partial charge in [-0.3, -0.25) is 0 Å². The molecular formula is C60H71BN2S. The second kappa shape index (κ2) is 12.8. The Morgan fingerprint density at radius 2 is 1.09 bits per heavy atom. The molecule has 1 atom stereocenters. The molecule has 0 saturated heterocycles. The van der Waals surface area contributed by atoms with E-state index in [4.69, 9.17) is 0 Å². The third-order valence-electron chi connectivity index (χ3n) is 17.1. The Hall–Kier alpha value is -4.28. The highest BCUT2D eigenvalue weighted by atomic mass is 32.1. The van der Waals surface area contributed by atoms with Crippen LogP contribution in [0.2, 0.25) is 0 Å². The molecule has 1 unspecified atom stereocenters. The van der Waals surface area contributed by atoms with Crippen molar-refractivity contribution < 1.29 is 0 Å². The summed E-state index contributed by atoms with van der Waals surface area (Å²) in [5.41, 5.74) is 24.9. The number of hydrogen-bond donors (Lipinski definition) is 0. The van der Waals surface area contributed by atoms with Crippen LogP contribution in [-0.4, -0.2) is 6.71 Å². The molecule has 4 heterocycles. The van der Waals surface area contributed by atoms with Gasteiger partial charge >= 0.3 is 0 Å². The zero-order chi connectivity index (χ0) is 45.8. The number of rotatable bonds is 1. The van der Waals surface area contributed by atoms with Crippen LogP contribution in [0, 0.1) is 6.92 Å². The number of nitrogens with zero attached hydrogens (tertiary/aromatic N) is 2. The summed E-state index contributed by atoms with van der Waals surface area (Å²) in [4.78, 5) is 5.56. The fourth-order valence-electron chi connectivity index (χ4n) is 13.0. The highest BCUT2D eigenvalue weighted by Gasteiger charge is 2.56. The first-order valence-electron chi connectivity index (χ1n) is 24.5. The van der Waals surface area contributed by atoms with Gasteiger partial charge in [0.2, 0.25) is 0 Å². The van der Waals surface area contributed by atoms with Crippen LogP contribution in [0.3, 0.4) is 0 Å². The topological polar surface area (TPSA) is 6.48 Å². The van der Waals surface area contributed by atoms with E-state index in [0.717, 1.165) is 6.42 Å². The standard InChI is InChI=1S/C60H71BN2S/c1-34-30-41-46(59(15,16)27-26-58(41,13)14)48-50(34)63-44-33-37(56(8,9)10)32-43-49(44)61(42-24-23-40-47(52(42)63)60(48,17)29-28-57(40,11)12)53-51(39-31-36(55(5,6)7)20-25-45(39)64-53)62(43)38-21-18-35(19-22-38)54(2,3)4/h18-25,30-33H,26-29H2,1-17H3. The molecule has 5 aromatic carbocycles. The van der Waals surface area contributed by atoms with Gasteiger partial charge in [0.15, 0.2) is 0 Å². The highest BCUT2D eigenvalue weighted by molar-refractivity contribution is 7.33. The lowest BCUT2D eigenvalue weighted by Crippen LogP contribution is -2.62. The molecule has 330 valence electrons. The maximum absolute atomic E-state index is 2.86. The summed E-state index contributed by atoms with van der Waals surface area (Å²) >= 11 is 2.04. The molecule has 5 aliphatic rings. The average molecular weight is 863 g/mol. The van der Waals surface area contributed by atoms with Gasteiger partial charge in [-0.1, -0.05) is 147 Å². The van der Waals surface area contributed by atoms with Crippen molar-refractivity contribution in [3.8, 4) is 0 Å². The number of fused-ring (bicyclic) bond motifs is 11. The van der Waals surface area contributed by atoms with E-state index in [0.29, 0.717) is 0 Å². The number of aryl methyl sites for hydroxylation is 1. The minimum absolute atomic E-state index is 0.0286. The molecule has 2 nitrogen and oxygen atoms in total. The Bertz CT molecular complexity index is 3010. The van der Waals surface area contributed by atoms with E-state index in [1.165, 1.54) is 101 Å². The number of benzene rings is 5. The smallest absolute Gasteiger partial charge is 0.264 e. The second-order valence-electron chi connectivity index (χ2n) is 26.1. The monoisotopic (exact) mass is 863 g/mol. The molecule has 0 amide bonds. The van der Waals surface area contributed by atoms with Gasteiger partial charge < -0.3 is 9.80 Å². The van der Waals surface area contributed by atoms with Crippen LogP contribution >= 0.6 is 11.3 Å². The van der Waals surface area contributed by atoms with Crippen LogP contribution in [0.1, 0.15) is 187 Å².